The number of nitrogen functional groups attached to an aromatic ring is 1. The minimum absolute atomic E-state index is 0.0600. The van der Waals surface area contributed by atoms with E-state index in [0.717, 1.165) is 62.9 Å². The van der Waals surface area contributed by atoms with Crippen LogP contribution >= 0.6 is 11.5 Å². The molecule has 33 heavy (non-hydrogen) atoms. The zero-order chi connectivity index (χ0) is 23.4. The number of hydrogen-bond donors (Lipinski definition) is 3. The van der Waals surface area contributed by atoms with Gasteiger partial charge in [-0.05, 0) is 56.3 Å². The predicted octanol–water partition coefficient (Wildman–Crippen LogP) is 3.49. The second-order valence-corrected chi connectivity index (χ2v) is 9.68. The maximum atomic E-state index is 13.6. The van der Waals surface area contributed by atoms with Crippen LogP contribution < -0.4 is 21.3 Å². The molecule has 4 N–H and O–H groups in total. The first-order chi connectivity index (χ1) is 16.0. The number of amides is 3. The molecular formula is C24H31N5O3S. The molecule has 1 aromatic carbocycles. The highest BCUT2D eigenvalue weighted by Gasteiger charge is 2.33. The Labute approximate surface area is 198 Å². The molecule has 1 aromatic heterocycles. The monoisotopic (exact) mass is 469 g/mol. The number of rotatable bonds is 7. The van der Waals surface area contributed by atoms with Crippen LogP contribution in [0, 0.1) is 0 Å². The molecule has 2 fully saturated rings. The average Bonchev–Trinajstić information content (AvgIpc) is 3.57. The van der Waals surface area contributed by atoms with E-state index in [1.807, 2.05) is 18.2 Å². The van der Waals surface area contributed by atoms with Crippen molar-refractivity contribution in [2.75, 3.05) is 10.6 Å². The Bertz CT molecular complexity index is 997. The van der Waals surface area contributed by atoms with E-state index in [2.05, 4.69) is 15.0 Å². The highest BCUT2D eigenvalue weighted by molar-refractivity contribution is 7.09. The Morgan fingerprint density at radius 2 is 1.58 bits per heavy atom. The lowest BCUT2D eigenvalue weighted by atomic mass is 10.1. The molecular weight excluding hydrogens is 438 g/mol. The third-order valence-electron chi connectivity index (χ3n) is 6.55. The number of anilines is 2. The van der Waals surface area contributed by atoms with Crippen LogP contribution in [-0.2, 0) is 4.79 Å². The molecule has 3 amide bonds. The smallest absolute Gasteiger partial charge is 0.273 e. The van der Waals surface area contributed by atoms with Crippen molar-refractivity contribution in [2.24, 2.45) is 0 Å². The molecule has 0 radical (unpaired) electrons. The molecule has 9 heteroatoms. The van der Waals surface area contributed by atoms with Crippen LogP contribution in [0.2, 0.25) is 0 Å². The first kappa shape index (κ1) is 23.2. The summed E-state index contributed by atoms with van der Waals surface area (Å²) in [6.07, 6.45) is 8.18. The van der Waals surface area contributed by atoms with Crippen LogP contribution in [0.3, 0.4) is 0 Å². The van der Waals surface area contributed by atoms with Crippen LogP contribution in [0.5, 0.6) is 0 Å². The summed E-state index contributed by atoms with van der Waals surface area (Å²) < 4.78 is 4.20. The van der Waals surface area contributed by atoms with Gasteiger partial charge in [0.2, 0.25) is 5.91 Å². The van der Waals surface area contributed by atoms with Crippen molar-refractivity contribution in [3.05, 3.63) is 40.9 Å². The summed E-state index contributed by atoms with van der Waals surface area (Å²) in [4.78, 5) is 41.0. The van der Waals surface area contributed by atoms with Crippen molar-refractivity contribution in [3.63, 3.8) is 0 Å². The zero-order valence-corrected chi connectivity index (χ0v) is 19.7. The van der Waals surface area contributed by atoms with Crippen LogP contribution in [0.4, 0.5) is 11.4 Å². The van der Waals surface area contributed by atoms with Gasteiger partial charge in [0, 0.05) is 17.8 Å². The van der Waals surface area contributed by atoms with Crippen molar-refractivity contribution >= 4 is 40.6 Å². The van der Waals surface area contributed by atoms with Gasteiger partial charge in [0.05, 0.1) is 5.69 Å². The Hall–Kier alpha value is -2.94. The number of nitrogens with one attached hydrogen (secondary N) is 2. The Morgan fingerprint density at radius 1 is 1.00 bits per heavy atom. The lowest BCUT2D eigenvalue weighted by Crippen LogP contribution is -2.50. The SMILES string of the molecule is C[C@H](C(=O)NC1CCCC1)N(C(=O)c1snc(C(=O)NC2CCCC2)c1N)c1ccccc1. The number of hydrogen-bond acceptors (Lipinski definition) is 6. The number of carbonyl (C=O) groups is 3. The number of aromatic nitrogens is 1. The lowest BCUT2D eigenvalue weighted by molar-refractivity contribution is -0.122. The van der Waals surface area contributed by atoms with Gasteiger partial charge in [-0.1, -0.05) is 43.9 Å². The number of para-hydroxylation sites is 1. The molecule has 2 saturated carbocycles. The maximum absolute atomic E-state index is 13.6. The third-order valence-corrected chi connectivity index (χ3v) is 7.40. The first-order valence-electron chi connectivity index (χ1n) is 11.7. The van der Waals surface area contributed by atoms with E-state index >= 15 is 0 Å². The molecule has 176 valence electrons. The first-order valence-corrected chi connectivity index (χ1v) is 12.5. The van der Waals surface area contributed by atoms with Gasteiger partial charge in [-0.25, -0.2) is 0 Å². The van der Waals surface area contributed by atoms with Crippen molar-refractivity contribution < 1.29 is 14.4 Å². The Kier molecular flexibility index (Phi) is 7.27. The second-order valence-electron chi connectivity index (χ2n) is 8.91. The van der Waals surface area contributed by atoms with E-state index < -0.39 is 11.9 Å². The molecule has 1 heterocycles. The Balaban J connectivity index is 1.57. The van der Waals surface area contributed by atoms with Crippen molar-refractivity contribution in [1.82, 2.24) is 15.0 Å². The van der Waals surface area contributed by atoms with Crippen LogP contribution in [0.25, 0.3) is 0 Å². The fraction of sp³-hybridized carbons (Fsp3) is 0.500. The van der Waals surface area contributed by atoms with E-state index in [9.17, 15) is 14.4 Å². The molecule has 0 unspecified atom stereocenters. The summed E-state index contributed by atoms with van der Waals surface area (Å²) in [6, 6.07) is 8.55. The predicted molar refractivity (Wildman–Crippen MR) is 129 cm³/mol. The molecule has 2 aromatic rings. The number of nitrogens with zero attached hydrogens (tertiary/aromatic N) is 2. The number of carbonyl (C=O) groups excluding carboxylic acids is 3. The quantitative estimate of drug-likeness (QED) is 0.574. The largest absolute Gasteiger partial charge is 0.395 e. The summed E-state index contributed by atoms with van der Waals surface area (Å²) in [5.41, 5.74) is 6.96. The van der Waals surface area contributed by atoms with Gasteiger partial charge in [0.15, 0.2) is 5.69 Å². The van der Waals surface area contributed by atoms with Crippen LogP contribution in [0.15, 0.2) is 30.3 Å². The third kappa shape index (κ3) is 5.19. The molecule has 0 saturated heterocycles. The summed E-state index contributed by atoms with van der Waals surface area (Å²) in [6.45, 7) is 1.71. The summed E-state index contributed by atoms with van der Waals surface area (Å²) in [5.74, 6) is -1.00. The fourth-order valence-corrected chi connectivity index (χ4v) is 5.40. The number of nitrogens with two attached hydrogens (primary N) is 1. The van der Waals surface area contributed by atoms with Crippen LogP contribution in [-0.4, -0.2) is 40.2 Å². The van der Waals surface area contributed by atoms with Gasteiger partial charge >= 0.3 is 0 Å². The van der Waals surface area contributed by atoms with E-state index in [-0.39, 0.29) is 40.2 Å². The molecule has 0 spiro atoms. The van der Waals surface area contributed by atoms with Crippen molar-refractivity contribution in [3.8, 4) is 0 Å². The topological polar surface area (TPSA) is 117 Å². The highest BCUT2D eigenvalue weighted by Crippen LogP contribution is 2.28. The molecule has 8 nitrogen and oxygen atoms in total. The van der Waals surface area contributed by atoms with Crippen LogP contribution in [0.1, 0.15) is 78.5 Å². The fourth-order valence-electron chi connectivity index (χ4n) is 4.66. The normalized spacial score (nSPS) is 17.6. The minimum atomic E-state index is -0.752. The molecule has 2 aliphatic carbocycles. The summed E-state index contributed by atoms with van der Waals surface area (Å²) in [5, 5.41) is 6.04. The highest BCUT2D eigenvalue weighted by atomic mass is 32.1. The van der Waals surface area contributed by atoms with E-state index in [4.69, 9.17) is 5.73 Å². The Morgan fingerprint density at radius 3 is 2.18 bits per heavy atom. The second kappa shape index (κ2) is 10.3. The summed E-state index contributed by atoms with van der Waals surface area (Å²) in [7, 11) is 0. The number of benzene rings is 1. The van der Waals surface area contributed by atoms with Gasteiger partial charge in [-0.2, -0.15) is 4.37 Å². The van der Waals surface area contributed by atoms with E-state index in [0.29, 0.717) is 5.69 Å². The average molecular weight is 470 g/mol. The van der Waals surface area contributed by atoms with Gasteiger partial charge in [0.1, 0.15) is 10.9 Å². The molecule has 4 rings (SSSR count). The van der Waals surface area contributed by atoms with Crippen molar-refractivity contribution in [2.45, 2.75) is 76.4 Å². The van der Waals surface area contributed by atoms with E-state index in [1.165, 1.54) is 4.90 Å². The molecule has 0 bridgehead atoms. The van der Waals surface area contributed by atoms with E-state index in [1.54, 1.807) is 19.1 Å². The van der Waals surface area contributed by atoms with Gasteiger partial charge in [0.25, 0.3) is 11.8 Å². The van der Waals surface area contributed by atoms with Gasteiger partial charge < -0.3 is 16.4 Å². The summed E-state index contributed by atoms with van der Waals surface area (Å²) >= 11 is 0.897. The maximum Gasteiger partial charge on any atom is 0.273 e. The standard InChI is InChI=1S/C24H31N5O3S/c1-15(22(30)26-16-9-5-6-10-16)29(18-13-3-2-4-14-18)24(32)21-19(25)20(28-33-21)23(31)27-17-11-7-8-12-17/h2-4,13-17H,5-12,25H2,1H3,(H,26,30)(H,27,31)/t15-/m1/s1. The van der Waals surface area contributed by atoms with Crippen molar-refractivity contribution in [1.29, 1.82) is 0 Å². The zero-order valence-electron chi connectivity index (χ0n) is 18.9. The molecule has 2 aliphatic rings. The lowest BCUT2D eigenvalue weighted by Gasteiger charge is -2.29. The minimum Gasteiger partial charge on any atom is -0.395 e. The van der Waals surface area contributed by atoms with Gasteiger partial charge in [-0.15, -0.1) is 0 Å². The van der Waals surface area contributed by atoms with Gasteiger partial charge in [-0.3, -0.25) is 19.3 Å². The molecule has 1 atom stereocenters. The molecule has 0 aliphatic heterocycles.